The molecule has 0 spiro atoms. The Balaban J connectivity index is 3.16. The molecular formula is C10H7F2NO4. The molecule has 0 atom stereocenters. The van der Waals surface area contributed by atoms with Gasteiger partial charge in [-0.1, -0.05) is 0 Å². The van der Waals surface area contributed by atoms with Gasteiger partial charge in [0, 0.05) is 23.8 Å². The fourth-order valence-electron chi connectivity index (χ4n) is 1.05. The maximum absolute atomic E-state index is 13.2. The van der Waals surface area contributed by atoms with Gasteiger partial charge >= 0.3 is 11.7 Å². The molecule has 1 aromatic carbocycles. The van der Waals surface area contributed by atoms with Crippen LogP contribution in [0.1, 0.15) is 5.56 Å². The summed E-state index contributed by atoms with van der Waals surface area (Å²) in [5, 5.41) is 10.4. The van der Waals surface area contributed by atoms with Crippen LogP contribution < -0.4 is 0 Å². The highest BCUT2D eigenvalue weighted by molar-refractivity contribution is 5.87. The van der Waals surface area contributed by atoms with E-state index < -0.39 is 28.2 Å². The fourth-order valence-corrected chi connectivity index (χ4v) is 1.05. The average Bonchev–Trinajstić information content (AvgIpc) is 2.26. The molecular weight excluding hydrogens is 236 g/mol. The summed E-state index contributed by atoms with van der Waals surface area (Å²) in [7, 11) is 1.12. The molecule has 1 rings (SSSR count). The number of carbonyl (C=O) groups excluding carboxylic acids is 1. The van der Waals surface area contributed by atoms with Gasteiger partial charge in [-0.3, -0.25) is 10.1 Å². The van der Waals surface area contributed by atoms with Crippen LogP contribution in [0.2, 0.25) is 0 Å². The van der Waals surface area contributed by atoms with E-state index in [0.29, 0.717) is 12.1 Å². The third-order valence-corrected chi connectivity index (χ3v) is 1.86. The van der Waals surface area contributed by atoms with Crippen LogP contribution in [0, 0.1) is 21.7 Å². The molecule has 0 aromatic heterocycles. The van der Waals surface area contributed by atoms with Crippen molar-refractivity contribution in [2.45, 2.75) is 0 Å². The number of rotatable bonds is 3. The monoisotopic (exact) mass is 243 g/mol. The summed E-state index contributed by atoms with van der Waals surface area (Å²) in [6.45, 7) is 0. The van der Waals surface area contributed by atoms with Gasteiger partial charge in [0.15, 0.2) is 0 Å². The number of ether oxygens (including phenoxy) is 1. The number of nitrogens with zero attached hydrogens (tertiary/aromatic N) is 1. The lowest BCUT2D eigenvalue weighted by Crippen LogP contribution is -1.97. The summed E-state index contributed by atoms with van der Waals surface area (Å²) < 4.78 is 30.4. The molecule has 17 heavy (non-hydrogen) atoms. The SMILES string of the molecule is COC(=O)C=Cc1cc([N+](=O)[O-])c(F)cc1F. The molecule has 90 valence electrons. The molecule has 0 N–H and O–H groups in total. The highest BCUT2D eigenvalue weighted by atomic mass is 19.1. The molecule has 5 nitrogen and oxygen atoms in total. The van der Waals surface area contributed by atoms with Crippen LogP contribution in [0.5, 0.6) is 0 Å². The van der Waals surface area contributed by atoms with E-state index in [0.717, 1.165) is 19.3 Å². The number of nitro groups is 1. The molecule has 0 saturated carbocycles. The average molecular weight is 243 g/mol. The van der Waals surface area contributed by atoms with E-state index in [4.69, 9.17) is 0 Å². The van der Waals surface area contributed by atoms with Crippen molar-refractivity contribution in [2.75, 3.05) is 7.11 Å². The zero-order chi connectivity index (χ0) is 13.0. The van der Waals surface area contributed by atoms with E-state index in [9.17, 15) is 23.7 Å². The Morgan fingerprint density at radius 2 is 2.06 bits per heavy atom. The van der Waals surface area contributed by atoms with Gasteiger partial charge in [0.25, 0.3) is 0 Å². The molecule has 0 radical (unpaired) electrons. The summed E-state index contributed by atoms with van der Waals surface area (Å²) in [6.07, 6.45) is 1.84. The second kappa shape index (κ2) is 5.15. The predicted molar refractivity (Wildman–Crippen MR) is 54.1 cm³/mol. The van der Waals surface area contributed by atoms with Crippen molar-refractivity contribution < 1.29 is 23.2 Å². The van der Waals surface area contributed by atoms with Crippen molar-refractivity contribution in [3.8, 4) is 0 Å². The van der Waals surface area contributed by atoms with Crippen molar-refractivity contribution >= 4 is 17.7 Å². The quantitative estimate of drug-likeness (QED) is 0.352. The van der Waals surface area contributed by atoms with Gasteiger partial charge in [0.1, 0.15) is 5.82 Å². The highest BCUT2D eigenvalue weighted by Crippen LogP contribution is 2.22. The van der Waals surface area contributed by atoms with Crippen molar-refractivity contribution in [3.05, 3.63) is 45.5 Å². The minimum absolute atomic E-state index is 0.275. The van der Waals surface area contributed by atoms with E-state index in [-0.39, 0.29) is 5.56 Å². The lowest BCUT2D eigenvalue weighted by Gasteiger charge is -1.98. The maximum Gasteiger partial charge on any atom is 0.330 e. The Morgan fingerprint density at radius 3 is 2.59 bits per heavy atom. The molecule has 0 aliphatic rings. The van der Waals surface area contributed by atoms with Crippen molar-refractivity contribution in [1.29, 1.82) is 0 Å². The van der Waals surface area contributed by atoms with Crippen LogP contribution in [-0.4, -0.2) is 18.0 Å². The molecule has 7 heteroatoms. The first-order valence-electron chi connectivity index (χ1n) is 4.35. The molecule has 0 aliphatic carbocycles. The first kappa shape index (κ1) is 12.8. The molecule has 0 aliphatic heterocycles. The number of carbonyl (C=O) groups is 1. The Kier molecular flexibility index (Phi) is 3.86. The Hall–Kier alpha value is -2.31. The number of methoxy groups -OCH3 is 1. The van der Waals surface area contributed by atoms with Gasteiger partial charge in [-0.2, -0.15) is 4.39 Å². The third-order valence-electron chi connectivity index (χ3n) is 1.86. The number of hydrogen-bond acceptors (Lipinski definition) is 4. The second-order valence-corrected chi connectivity index (χ2v) is 2.94. The van der Waals surface area contributed by atoms with E-state index in [1.165, 1.54) is 0 Å². The van der Waals surface area contributed by atoms with Gasteiger partial charge < -0.3 is 4.74 Å². The summed E-state index contributed by atoms with van der Waals surface area (Å²) in [4.78, 5) is 20.2. The first-order valence-corrected chi connectivity index (χ1v) is 4.35. The molecule has 0 fully saturated rings. The third kappa shape index (κ3) is 3.07. The zero-order valence-corrected chi connectivity index (χ0v) is 8.65. The summed E-state index contributed by atoms with van der Waals surface area (Å²) in [5.74, 6) is -3.03. The Labute approximate surface area is 94.5 Å². The summed E-state index contributed by atoms with van der Waals surface area (Å²) >= 11 is 0. The standard InChI is InChI=1S/C10H7F2NO4/c1-17-10(14)3-2-6-4-9(13(15)16)8(12)5-7(6)11/h2-5H,1H3. The van der Waals surface area contributed by atoms with Crippen LogP contribution in [-0.2, 0) is 9.53 Å². The molecule has 0 saturated heterocycles. The predicted octanol–water partition coefficient (Wildman–Crippen LogP) is 2.06. The van der Waals surface area contributed by atoms with Gasteiger partial charge in [-0.05, 0) is 6.08 Å². The smallest absolute Gasteiger partial charge is 0.330 e. The molecule has 0 unspecified atom stereocenters. The van der Waals surface area contributed by atoms with Crippen LogP contribution in [0.25, 0.3) is 6.08 Å². The largest absolute Gasteiger partial charge is 0.466 e. The van der Waals surface area contributed by atoms with E-state index in [2.05, 4.69) is 4.74 Å². The van der Waals surface area contributed by atoms with Gasteiger partial charge in [0.05, 0.1) is 12.0 Å². The van der Waals surface area contributed by atoms with Crippen molar-refractivity contribution in [1.82, 2.24) is 0 Å². The lowest BCUT2D eigenvalue weighted by molar-refractivity contribution is -0.387. The van der Waals surface area contributed by atoms with Gasteiger partial charge in [-0.15, -0.1) is 0 Å². The van der Waals surface area contributed by atoms with E-state index in [1.807, 2.05) is 0 Å². The van der Waals surface area contributed by atoms with Gasteiger partial charge in [-0.25, -0.2) is 9.18 Å². The topological polar surface area (TPSA) is 69.4 Å². The van der Waals surface area contributed by atoms with Crippen LogP contribution in [0.4, 0.5) is 14.5 Å². The summed E-state index contributed by atoms with van der Waals surface area (Å²) in [5.41, 5.74) is -1.14. The van der Waals surface area contributed by atoms with E-state index in [1.54, 1.807) is 0 Å². The molecule has 0 heterocycles. The molecule has 0 bridgehead atoms. The van der Waals surface area contributed by atoms with Crippen LogP contribution >= 0.6 is 0 Å². The fraction of sp³-hybridized carbons (Fsp3) is 0.100. The first-order chi connectivity index (χ1) is 7.95. The minimum atomic E-state index is -1.28. The summed E-state index contributed by atoms with van der Waals surface area (Å²) in [6, 6.07) is 1.08. The highest BCUT2D eigenvalue weighted by Gasteiger charge is 2.17. The molecule has 0 amide bonds. The zero-order valence-electron chi connectivity index (χ0n) is 8.65. The van der Waals surface area contributed by atoms with Crippen molar-refractivity contribution in [3.63, 3.8) is 0 Å². The lowest BCUT2D eigenvalue weighted by atomic mass is 10.1. The van der Waals surface area contributed by atoms with Gasteiger partial charge in [0.2, 0.25) is 5.82 Å². The van der Waals surface area contributed by atoms with Crippen LogP contribution in [0.3, 0.4) is 0 Å². The number of benzene rings is 1. The van der Waals surface area contributed by atoms with Crippen LogP contribution in [0.15, 0.2) is 18.2 Å². The number of esters is 1. The van der Waals surface area contributed by atoms with E-state index >= 15 is 0 Å². The minimum Gasteiger partial charge on any atom is -0.466 e. The Bertz CT molecular complexity index is 499. The van der Waals surface area contributed by atoms with Crippen molar-refractivity contribution in [2.24, 2.45) is 0 Å². The maximum atomic E-state index is 13.2. The molecule has 1 aromatic rings. The second-order valence-electron chi connectivity index (χ2n) is 2.94. The number of halogens is 2. The number of nitro benzene ring substituents is 1. The Morgan fingerprint density at radius 1 is 1.41 bits per heavy atom. The normalized spacial score (nSPS) is 10.5. The number of hydrogen-bond donors (Lipinski definition) is 0.